The minimum absolute atomic E-state index is 0.00720. The van der Waals surface area contributed by atoms with Gasteiger partial charge in [0.1, 0.15) is 5.56 Å². The zero-order valence-electron chi connectivity index (χ0n) is 9.70. The second-order valence-electron chi connectivity index (χ2n) is 4.08. The number of nitrogens with zero attached hydrogens (tertiary/aromatic N) is 2. The van der Waals surface area contributed by atoms with Gasteiger partial charge >= 0.3 is 5.97 Å². The van der Waals surface area contributed by atoms with Gasteiger partial charge in [0.15, 0.2) is 9.84 Å². The highest BCUT2D eigenvalue weighted by Gasteiger charge is 2.22. The van der Waals surface area contributed by atoms with E-state index < -0.39 is 15.8 Å². The van der Waals surface area contributed by atoms with Crippen molar-refractivity contribution >= 4 is 15.8 Å². The third-order valence-corrected chi connectivity index (χ3v) is 4.15. The molecule has 1 aliphatic rings. The molecule has 2 N–H and O–H groups in total. The van der Waals surface area contributed by atoms with Crippen LogP contribution >= 0.6 is 0 Å². The molecule has 2 heterocycles. The fourth-order valence-electron chi connectivity index (χ4n) is 1.78. The van der Waals surface area contributed by atoms with Crippen molar-refractivity contribution in [3.8, 4) is 0 Å². The minimum atomic E-state index is -3.10. The van der Waals surface area contributed by atoms with E-state index in [1.165, 1.54) is 16.3 Å². The summed E-state index contributed by atoms with van der Waals surface area (Å²) >= 11 is 0. The molecule has 8 heteroatoms. The molecule has 1 aromatic rings. The highest BCUT2D eigenvalue weighted by molar-refractivity contribution is 7.94. The Morgan fingerprint density at radius 3 is 2.94 bits per heavy atom. The zero-order chi connectivity index (χ0) is 13.3. The van der Waals surface area contributed by atoms with Crippen molar-refractivity contribution in [2.75, 3.05) is 5.75 Å². The van der Waals surface area contributed by atoms with Crippen molar-refractivity contribution in [1.29, 1.82) is 0 Å². The van der Waals surface area contributed by atoms with Crippen LogP contribution in [0.4, 0.5) is 0 Å². The molecule has 0 fully saturated rings. The van der Waals surface area contributed by atoms with Crippen LogP contribution < -0.4 is 5.32 Å². The molecule has 0 spiro atoms. The average Bonchev–Trinajstić information content (AvgIpc) is 2.79. The third-order valence-electron chi connectivity index (χ3n) is 2.75. The molecule has 0 saturated heterocycles. The second-order valence-corrected chi connectivity index (χ2v) is 6.01. The molecule has 0 radical (unpaired) electrons. The van der Waals surface area contributed by atoms with Crippen molar-refractivity contribution < 1.29 is 18.3 Å². The van der Waals surface area contributed by atoms with E-state index in [0.29, 0.717) is 5.69 Å². The Hall–Kier alpha value is -1.67. The first kappa shape index (κ1) is 12.8. The number of carboxylic acid groups (broad SMARTS) is 1. The molecule has 1 aliphatic heterocycles. The summed E-state index contributed by atoms with van der Waals surface area (Å²) in [6, 6.07) is -0.286. The van der Waals surface area contributed by atoms with E-state index in [9.17, 15) is 13.2 Å². The van der Waals surface area contributed by atoms with E-state index in [2.05, 4.69) is 10.4 Å². The van der Waals surface area contributed by atoms with E-state index in [1.807, 2.05) is 0 Å². The Morgan fingerprint density at radius 2 is 2.39 bits per heavy atom. The van der Waals surface area contributed by atoms with Crippen LogP contribution in [0.15, 0.2) is 17.7 Å². The van der Waals surface area contributed by atoms with Gasteiger partial charge in [0.25, 0.3) is 0 Å². The number of carboxylic acids is 1. The van der Waals surface area contributed by atoms with Gasteiger partial charge in [-0.2, -0.15) is 5.10 Å². The number of aromatic carboxylic acids is 1. The normalized spacial score (nSPS) is 21.3. The van der Waals surface area contributed by atoms with Crippen LogP contribution in [0, 0.1) is 0 Å². The lowest BCUT2D eigenvalue weighted by atomic mass is 10.2. The molecule has 0 aromatic carbocycles. The van der Waals surface area contributed by atoms with Crippen LogP contribution in [0.25, 0.3) is 0 Å². The fourth-order valence-corrected chi connectivity index (χ4v) is 3.05. The Bertz CT molecular complexity index is 603. The molecule has 98 valence electrons. The fraction of sp³-hybridized carbons (Fsp3) is 0.400. The van der Waals surface area contributed by atoms with E-state index in [-0.39, 0.29) is 23.9 Å². The van der Waals surface area contributed by atoms with Crippen LogP contribution in [-0.2, 0) is 23.4 Å². The Kier molecular flexibility index (Phi) is 3.22. The molecule has 0 aliphatic carbocycles. The lowest BCUT2D eigenvalue weighted by Crippen LogP contribution is -2.30. The van der Waals surface area contributed by atoms with Crippen molar-refractivity contribution in [3.05, 3.63) is 28.9 Å². The molecule has 1 aromatic heterocycles. The highest BCUT2D eigenvalue weighted by Crippen LogP contribution is 2.11. The van der Waals surface area contributed by atoms with Gasteiger partial charge in [0, 0.05) is 25.0 Å². The number of rotatable bonds is 4. The van der Waals surface area contributed by atoms with Gasteiger partial charge in [-0.3, -0.25) is 4.68 Å². The predicted octanol–water partition coefficient (Wildman–Crippen LogP) is -0.481. The third kappa shape index (κ3) is 2.59. The largest absolute Gasteiger partial charge is 0.478 e. The number of sulfone groups is 1. The second kappa shape index (κ2) is 4.54. The molecule has 7 nitrogen and oxygen atoms in total. The summed E-state index contributed by atoms with van der Waals surface area (Å²) < 4.78 is 23.9. The molecular formula is C10H13N3O4S. The molecule has 0 saturated carbocycles. The van der Waals surface area contributed by atoms with Crippen molar-refractivity contribution in [1.82, 2.24) is 15.1 Å². The summed E-state index contributed by atoms with van der Waals surface area (Å²) in [5.74, 6) is -1.04. The van der Waals surface area contributed by atoms with Crippen molar-refractivity contribution in [3.63, 3.8) is 0 Å². The molecule has 0 amide bonds. The van der Waals surface area contributed by atoms with Gasteiger partial charge in [-0.05, 0) is 0 Å². The van der Waals surface area contributed by atoms with E-state index in [0.717, 1.165) is 0 Å². The smallest absolute Gasteiger partial charge is 0.339 e. The summed E-state index contributed by atoms with van der Waals surface area (Å²) in [7, 11) is -1.46. The quantitative estimate of drug-likeness (QED) is 0.767. The SMILES string of the molecule is Cn1ncc(C(=O)O)c1CNC1C=CS(=O)(=O)C1. The van der Waals surface area contributed by atoms with Crippen molar-refractivity contribution in [2.24, 2.45) is 7.05 Å². The van der Waals surface area contributed by atoms with Gasteiger partial charge in [0.2, 0.25) is 0 Å². The Morgan fingerprint density at radius 1 is 1.67 bits per heavy atom. The van der Waals surface area contributed by atoms with Crippen LogP contribution in [0.2, 0.25) is 0 Å². The summed E-state index contributed by atoms with van der Waals surface area (Å²) in [5, 5.41) is 17.0. The van der Waals surface area contributed by atoms with Crippen LogP contribution in [0.5, 0.6) is 0 Å². The molecule has 0 bridgehead atoms. The van der Waals surface area contributed by atoms with Gasteiger partial charge < -0.3 is 10.4 Å². The standard InChI is InChI=1S/C10H13N3O4S/c1-13-9(8(4-12-13)10(14)15)5-11-7-2-3-18(16,17)6-7/h2-4,7,11H,5-6H2,1H3,(H,14,15). The number of hydrogen-bond donors (Lipinski definition) is 2. The maximum Gasteiger partial charge on any atom is 0.339 e. The summed E-state index contributed by atoms with van der Waals surface area (Å²) in [6.45, 7) is 0.253. The Balaban J connectivity index is 2.06. The zero-order valence-corrected chi connectivity index (χ0v) is 10.5. The molecule has 18 heavy (non-hydrogen) atoms. The molecular weight excluding hydrogens is 258 g/mol. The van der Waals surface area contributed by atoms with Gasteiger partial charge in [-0.1, -0.05) is 6.08 Å². The lowest BCUT2D eigenvalue weighted by Gasteiger charge is -2.10. The number of carbonyl (C=O) groups is 1. The molecule has 1 unspecified atom stereocenters. The van der Waals surface area contributed by atoms with E-state index >= 15 is 0 Å². The first-order valence-electron chi connectivity index (χ1n) is 5.27. The maximum atomic E-state index is 11.2. The number of aromatic nitrogens is 2. The number of nitrogens with one attached hydrogen (secondary N) is 1. The number of hydrogen-bond acceptors (Lipinski definition) is 5. The molecule has 2 rings (SSSR count). The predicted molar refractivity (Wildman–Crippen MR) is 63.7 cm³/mol. The van der Waals surface area contributed by atoms with Crippen LogP contribution in [0.1, 0.15) is 16.1 Å². The van der Waals surface area contributed by atoms with E-state index in [1.54, 1.807) is 13.1 Å². The lowest BCUT2D eigenvalue weighted by molar-refractivity contribution is 0.0695. The maximum absolute atomic E-state index is 11.2. The Labute approximate surface area is 104 Å². The highest BCUT2D eigenvalue weighted by atomic mass is 32.2. The monoisotopic (exact) mass is 271 g/mol. The average molecular weight is 271 g/mol. The summed E-state index contributed by atoms with van der Waals surface area (Å²) in [4.78, 5) is 10.9. The number of aryl methyl sites for hydroxylation is 1. The van der Waals surface area contributed by atoms with Crippen molar-refractivity contribution in [2.45, 2.75) is 12.6 Å². The summed E-state index contributed by atoms with van der Waals surface area (Å²) in [6.07, 6.45) is 2.84. The minimum Gasteiger partial charge on any atom is -0.478 e. The van der Waals surface area contributed by atoms with E-state index in [4.69, 9.17) is 5.11 Å². The topological polar surface area (TPSA) is 101 Å². The van der Waals surface area contributed by atoms with Crippen LogP contribution in [-0.4, -0.2) is 41.1 Å². The molecule has 1 atom stereocenters. The summed E-state index contributed by atoms with van der Waals surface area (Å²) in [5.41, 5.74) is 0.634. The first-order valence-corrected chi connectivity index (χ1v) is 6.99. The first-order chi connectivity index (χ1) is 8.39. The van der Waals surface area contributed by atoms with Gasteiger partial charge in [-0.15, -0.1) is 0 Å². The van der Waals surface area contributed by atoms with Crippen LogP contribution in [0.3, 0.4) is 0 Å². The van der Waals surface area contributed by atoms with Gasteiger partial charge in [-0.25, -0.2) is 13.2 Å². The van der Waals surface area contributed by atoms with Gasteiger partial charge in [0.05, 0.1) is 17.6 Å².